The molecule has 0 bridgehead atoms. The van der Waals surface area contributed by atoms with Crippen molar-refractivity contribution in [2.45, 2.75) is 19.9 Å². The predicted molar refractivity (Wildman–Crippen MR) is 76.3 cm³/mol. The predicted octanol–water partition coefficient (Wildman–Crippen LogP) is 3.21. The van der Waals surface area contributed by atoms with Gasteiger partial charge in [0.1, 0.15) is 0 Å². The standard InChI is InChI=1S/C13H17N3O2S/c1-8(2)16-12(14-15-13(16)19)9-6-5-7-10(17-3)11(9)18-4/h5-8H,1-4H3,(H,15,19). The molecule has 0 atom stereocenters. The Labute approximate surface area is 117 Å². The summed E-state index contributed by atoms with van der Waals surface area (Å²) < 4.78 is 13.3. The van der Waals surface area contributed by atoms with Crippen LogP contribution in [-0.4, -0.2) is 29.0 Å². The lowest BCUT2D eigenvalue weighted by Crippen LogP contribution is -2.04. The van der Waals surface area contributed by atoms with Crippen molar-refractivity contribution in [2.24, 2.45) is 0 Å². The van der Waals surface area contributed by atoms with Crippen molar-refractivity contribution < 1.29 is 9.47 Å². The van der Waals surface area contributed by atoms with E-state index in [0.29, 0.717) is 16.3 Å². The molecule has 19 heavy (non-hydrogen) atoms. The molecule has 1 aromatic carbocycles. The van der Waals surface area contributed by atoms with Crippen LogP contribution in [0.1, 0.15) is 19.9 Å². The summed E-state index contributed by atoms with van der Waals surface area (Å²) in [7, 11) is 3.23. The summed E-state index contributed by atoms with van der Waals surface area (Å²) in [6, 6.07) is 5.89. The molecule has 0 unspecified atom stereocenters. The van der Waals surface area contributed by atoms with Crippen molar-refractivity contribution in [3.8, 4) is 22.9 Å². The molecule has 0 aliphatic rings. The number of nitrogens with zero attached hydrogens (tertiary/aromatic N) is 2. The molecule has 1 aromatic heterocycles. The van der Waals surface area contributed by atoms with Crippen molar-refractivity contribution in [1.29, 1.82) is 0 Å². The first kappa shape index (κ1) is 13.6. The minimum atomic E-state index is 0.206. The van der Waals surface area contributed by atoms with Gasteiger partial charge in [0.15, 0.2) is 22.1 Å². The van der Waals surface area contributed by atoms with Crippen LogP contribution >= 0.6 is 12.2 Å². The second-order valence-electron chi connectivity index (χ2n) is 4.36. The van der Waals surface area contributed by atoms with Gasteiger partial charge in [-0.2, -0.15) is 5.10 Å². The number of hydrogen-bond acceptors (Lipinski definition) is 4. The van der Waals surface area contributed by atoms with Crippen molar-refractivity contribution in [1.82, 2.24) is 14.8 Å². The summed E-state index contributed by atoms with van der Waals surface area (Å²) in [5.41, 5.74) is 0.850. The van der Waals surface area contributed by atoms with E-state index in [-0.39, 0.29) is 6.04 Å². The summed E-state index contributed by atoms with van der Waals surface area (Å²) in [4.78, 5) is 0. The summed E-state index contributed by atoms with van der Waals surface area (Å²) in [6.07, 6.45) is 0. The minimum absolute atomic E-state index is 0.206. The van der Waals surface area contributed by atoms with E-state index in [1.54, 1.807) is 14.2 Å². The van der Waals surface area contributed by atoms with Crippen LogP contribution in [0.2, 0.25) is 0 Å². The lowest BCUT2D eigenvalue weighted by Gasteiger charge is -2.14. The number of aromatic amines is 1. The maximum Gasteiger partial charge on any atom is 0.195 e. The molecule has 0 radical (unpaired) electrons. The van der Waals surface area contributed by atoms with E-state index in [1.807, 2.05) is 22.8 Å². The van der Waals surface area contributed by atoms with Gasteiger partial charge >= 0.3 is 0 Å². The quantitative estimate of drug-likeness (QED) is 0.873. The average Bonchev–Trinajstić information content (AvgIpc) is 2.79. The Hall–Kier alpha value is -1.82. The molecule has 0 fully saturated rings. The van der Waals surface area contributed by atoms with Gasteiger partial charge in [0, 0.05) is 6.04 Å². The Kier molecular flexibility index (Phi) is 3.90. The molecule has 2 aromatic rings. The zero-order valence-electron chi connectivity index (χ0n) is 11.4. The van der Waals surface area contributed by atoms with Crippen LogP contribution in [0.15, 0.2) is 18.2 Å². The summed E-state index contributed by atoms with van der Waals surface area (Å²) in [5, 5.41) is 7.13. The number of hydrogen-bond donors (Lipinski definition) is 1. The molecule has 2 rings (SSSR count). The lowest BCUT2D eigenvalue weighted by molar-refractivity contribution is 0.355. The van der Waals surface area contributed by atoms with Gasteiger partial charge in [-0.1, -0.05) is 6.07 Å². The second kappa shape index (κ2) is 5.44. The molecule has 0 spiro atoms. The minimum Gasteiger partial charge on any atom is -0.493 e. The summed E-state index contributed by atoms with van der Waals surface area (Å²) in [6.45, 7) is 4.11. The van der Waals surface area contributed by atoms with Gasteiger partial charge in [-0.3, -0.25) is 9.67 Å². The van der Waals surface area contributed by atoms with E-state index < -0.39 is 0 Å². The molecule has 5 nitrogen and oxygen atoms in total. The van der Waals surface area contributed by atoms with Crippen LogP contribution in [0, 0.1) is 4.77 Å². The van der Waals surface area contributed by atoms with Crippen LogP contribution < -0.4 is 9.47 Å². The van der Waals surface area contributed by atoms with Crippen molar-refractivity contribution in [3.05, 3.63) is 23.0 Å². The van der Waals surface area contributed by atoms with Crippen molar-refractivity contribution in [3.63, 3.8) is 0 Å². The van der Waals surface area contributed by atoms with E-state index in [4.69, 9.17) is 21.7 Å². The Morgan fingerprint density at radius 2 is 2.00 bits per heavy atom. The van der Waals surface area contributed by atoms with Crippen molar-refractivity contribution >= 4 is 12.2 Å². The maximum absolute atomic E-state index is 5.44. The van der Waals surface area contributed by atoms with Crippen LogP contribution in [-0.2, 0) is 0 Å². The van der Waals surface area contributed by atoms with E-state index in [2.05, 4.69) is 24.0 Å². The van der Waals surface area contributed by atoms with Crippen LogP contribution in [0.3, 0.4) is 0 Å². The number of benzene rings is 1. The molecule has 6 heteroatoms. The number of rotatable bonds is 4. The number of ether oxygens (including phenoxy) is 2. The first-order chi connectivity index (χ1) is 9.10. The van der Waals surface area contributed by atoms with E-state index in [0.717, 1.165) is 11.4 Å². The van der Waals surface area contributed by atoms with Gasteiger partial charge in [-0.15, -0.1) is 0 Å². The fourth-order valence-electron chi connectivity index (χ4n) is 2.04. The first-order valence-corrected chi connectivity index (χ1v) is 6.39. The highest BCUT2D eigenvalue weighted by atomic mass is 32.1. The Morgan fingerprint density at radius 3 is 2.58 bits per heavy atom. The zero-order chi connectivity index (χ0) is 14.0. The fourth-order valence-corrected chi connectivity index (χ4v) is 2.38. The lowest BCUT2D eigenvalue weighted by atomic mass is 10.1. The molecule has 0 saturated carbocycles. The fraction of sp³-hybridized carbons (Fsp3) is 0.385. The molecule has 0 aliphatic carbocycles. The molecule has 0 aliphatic heterocycles. The largest absolute Gasteiger partial charge is 0.493 e. The van der Waals surface area contributed by atoms with Gasteiger partial charge in [0.05, 0.1) is 19.8 Å². The highest BCUT2D eigenvalue weighted by Gasteiger charge is 2.18. The molecular weight excluding hydrogens is 262 g/mol. The SMILES string of the molecule is COc1cccc(-c2n[nH]c(=S)n2C(C)C)c1OC. The molecule has 0 saturated heterocycles. The summed E-state index contributed by atoms with van der Waals surface area (Å²) >= 11 is 5.26. The topological polar surface area (TPSA) is 52.1 Å². The molecular formula is C13H17N3O2S. The number of methoxy groups -OCH3 is 2. The normalized spacial score (nSPS) is 10.8. The van der Waals surface area contributed by atoms with Gasteiger partial charge in [-0.05, 0) is 38.2 Å². The van der Waals surface area contributed by atoms with E-state index >= 15 is 0 Å². The second-order valence-corrected chi connectivity index (χ2v) is 4.74. The number of aromatic nitrogens is 3. The average molecular weight is 279 g/mol. The molecule has 1 heterocycles. The molecule has 0 amide bonds. The smallest absolute Gasteiger partial charge is 0.195 e. The Bertz CT molecular complexity index is 631. The maximum atomic E-state index is 5.44. The van der Waals surface area contributed by atoms with Crippen LogP contribution in [0.25, 0.3) is 11.4 Å². The Balaban J connectivity index is 2.69. The summed E-state index contributed by atoms with van der Waals surface area (Å²) in [5.74, 6) is 2.07. The van der Waals surface area contributed by atoms with E-state index in [9.17, 15) is 0 Å². The zero-order valence-corrected chi connectivity index (χ0v) is 12.2. The van der Waals surface area contributed by atoms with Gasteiger partial charge in [0.2, 0.25) is 0 Å². The third kappa shape index (κ3) is 2.35. The third-order valence-corrected chi connectivity index (χ3v) is 3.15. The highest BCUT2D eigenvalue weighted by molar-refractivity contribution is 7.71. The van der Waals surface area contributed by atoms with Gasteiger partial charge in [0.25, 0.3) is 0 Å². The van der Waals surface area contributed by atoms with Crippen LogP contribution in [0.5, 0.6) is 11.5 Å². The molecule has 1 N–H and O–H groups in total. The van der Waals surface area contributed by atoms with Gasteiger partial charge < -0.3 is 9.47 Å². The Morgan fingerprint density at radius 1 is 1.26 bits per heavy atom. The number of para-hydroxylation sites is 1. The monoisotopic (exact) mass is 279 g/mol. The van der Waals surface area contributed by atoms with E-state index in [1.165, 1.54) is 0 Å². The number of nitrogens with one attached hydrogen (secondary N) is 1. The molecule has 102 valence electrons. The first-order valence-electron chi connectivity index (χ1n) is 5.98. The number of H-pyrrole nitrogens is 1. The van der Waals surface area contributed by atoms with Crippen molar-refractivity contribution in [2.75, 3.05) is 14.2 Å². The van der Waals surface area contributed by atoms with Gasteiger partial charge in [-0.25, -0.2) is 0 Å². The highest BCUT2D eigenvalue weighted by Crippen LogP contribution is 2.37. The third-order valence-electron chi connectivity index (χ3n) is 2.86. The van der Waals surface area contributed by atoms with Crippen LogP contribution in [0.4, 0.5) is 0 Å².